The van der Waals surface area contributed by atoms with Crippen LogP contribution in [-0.4, -0.2) is 79.2 Å². The molecule has 2 N–H and O–H groups in total. The second-order valence-corrected chi connectivity index (χ2v) is 12.2. The van der Waals surface area contributed by atoms with E-state index in [9.17, 15) is 14.4 Å². The number of nitrogens with one attached hydrogen (secondary N) is 2. The SMILES string of the molecule is CN[C@@H](Cc1ccc(Cn2nnc3c2-c2ccccc2N(C(=O)CCCCC(=O)NCCOCCOC)Cc2ccccc2-3)cc1)C(C)=O. The van der Waals surface area contributed by atoms with E-state index in [4.69, 9.17) is 9.47 Å². The lowest BCUT2D eigenvalue weighted by Gasteiger charge is -2.29. The maximum Gasteiger partial charge on any atom is 0.227 e. The van der Waals surface area contributed by atoms with E-state index in [-0.39, 0.29) is 23.6 Å². The van der Waals surface area contributed by atoms with Gasteiger partial charge >= 0.3 is 0 Å². The van der Waals surface area contributed by atoms with Gasteiger partial charge in [-0.1, -0.05) is 71.9 Å². The number of fused-ring (bicyclic) bond motifs is 5. The van der Waals surface area contributed by atoms with Crippen molar-refractivity contribution in [2.45, 2.75) is 58.2 Å². The number of hydrogen-bond acceptors (Lipinski definition) is 8. The molecule has 0 bridgehead atoms. The second kappa shape index (κ2) is 17.6. The molecular formula is C38H46N6O5. The zero-order chi connectivity index (χ0) is 34.6. The number of hydrogen-bond donors (Lipinski definition) is 2. The number of methoxy groups -OCH3 is 1. The molecule has 2 amide bonds. The summed E-state index contributed by atoms with van der Waals surface area (Å²) in [4.78, 5) is 40.0. The summed E-state index contributed by atoms with van der Waals surface area (Å²) < 4.78 is 12.2. The number of ether oxygens (including phenoxy) is 2. The first-order valence-corrected chi connectivity index (χ1v) is 16.9. The Balaban J connectivity index is 1.32. The number of benzene rings is 3. The molecule has 49 heavy (non-hydrogen) atoms. The number of carbonyl (C=O) groups excluding carboxylic acids is 3. The average molecular weight is 667 g/mol. The third-order valence-electron chi connectivity index (χ3n) is 8.77. The quantitative estimate of drug-likeness (QED) is 0.157. The normalized spacial score (nSPS) is 12.7. The molecule has 5 rings (SSSR count). The standard InChI is InChI=1S/C38H46N6O5/c1-27(45)33(39-2)24-28-16-18-29(19-17-28)25-44-38-32-12-6-7-13-34(32)43(26-30-10-4-5-11-31(30)37(38)41-42-44)36(47)15-9-8-14-35(46)40-20-21-49-23-22-48-3/h4-7,10-13,16-19,33,39H,8-9,14-15,20-26H2,1-3H3,(H,40,46)/t33-/m0/s1. The number of anilines is 1. The van der Waals surface area contributed by atoms with Crippen LogP contribution in [0.5, 0.6) is 0 Å². The molecule has 0 radical (unpaired) electrons. The monoisotopic (exact) mass is 666 g/mol. The summed E-state index contributed by atoms with van der Waals surface area (Å²) in [5.41, 5.74) is 7.35. The molecule has 4 aromatic rings. The number of unbranched alkanes of at least 4 members (excludes halogenated alkanes) is 1. The highest BCUT2D eigenvalue weighted by molar-refractivity contribution is 6.00. The Morgan fingerprint density at radius 1 is 0.878 bits per heavy atom. The Labute approximate surface area is 288 Å². The Morgan fingerprint density at radius 2 is 1.59 bits per heavy atom. The number of rotatable bonds is 17. The predicted molar refractivity (Wildman–Crippen MR) is 189 cm³/mol. The number of nitrogens with zero attached hydrogens (tertiary/aromatic N) is 4. The minimum atomic E-state index is -0.218. The van der Waals surface area contributed by atoms with E-state index < -0.39 is 0 Å². The first-order chi connectivity index (χ1) is 23.9. The highest BCUT2D eigenvalue weighted by atomic mass is 16.5. The van der Waals surface area contributed by atoms with Crippen molar-refractivity contribution in [2.75, 3.05) is 45.4 Å². The molecule has 0 spiro atoms. The van der Waals surface area contributed by atoms with Crippen LogP contribution < -0.4 is 15.5 Å². The largest absolute Gasteiger partial charge is 0.382 e. The molecule has 1 atom stereocenters. The summed E-state index contributed by atoms with van der Waals surface area (Å²) in [5, 5.41) is 15.3. The first-order valence-electron chi connectivity index (χ1n) is 16.9. The van der Waals surface area contributed by atoms with Gasteiger partial charge in [0.15, 0.2) is 0 Å². The molecule has 1 aliphatic heterocycles. The van der Waals surface area contributed by atoms with Crippen molar-refractivity contribution in [3.8, 4) is 22.5 Å². The van der Waals surface area contributed by atoms with Gasteiger partial charge < -0.3 is 25.0 Å². The van der Waals surface area contributed by atoms with Crippen molar-refractivity contribution in [1.29, 1.82) is 0 Å². The number of carbonyl (C=O) groups is 3. The molecule has 3 aromatic carbocycles. The summed E-state index contributed by atoms with van der Waals surface area (Å²) in [6.07, 6.45) is 2.50. The van der Waals surface area contributed by atoms with E-state index in [1.807, 2.05) is 58.1 Å². The Kier molecular flexibility index (Phi) is 12.8. The topological polar surface area (TPSA) is 128 Å². The van der Waals surface area contributed by atoms with Crippen LogP contribution in [0.4, 0.5) is 5.69 Å². The lowest BCUT2D eigenvalue weighted by Crippen LogP contribution is -2.34. The van der Waals surface area contributed by atoms with E-state index in [1.165, 1.54) is 0 Å². The van der Waals surface area contributed by atoms with E-state index >= 15 is 0 Å². The number of amides is 2. The molecule has 1 aliphatic rings. The Morgan fingerprint density at radius 3 is 2.35 bits per heavy atom. The maximum absolute atomic E-state index is 13.9. The molecule has 0 saturated heterocycles. The van der Waals surface area contributed by atoms with Crippen LogP contribution in [0.3, 0.4) is 0 Å². The third-order valence-corrected chi connectivity index (χ3v) is 8.77. The average Bonchev–Trinajstić information content (AvgIpc) is 3.51. The van der Waals surface area contributed by atoms with Crippen molar-refractivity contribution in [2.24, 2.45) is 0 Å². The van der Waals surface area contributed by atoms with Gasteiger partial charge in [-0.15, -0.1) is 5.10 Å². The molecule has 11 nitrogen and oxygen atoms in total. The molecule has 2 heterocycles. The summed E-state index contributed by atoms with van der Waals surface area (Å²) >= 11 is 0. The predicted octanol–water partition coefficient (Wildman–Crippen LogP) is 4.57. The van der Waals surface area contributed by atoms with Crippen molar-refractivity contribution in [3.63, 3.8) is 0 Å². The van der Waals surface area contributed by atoms with Crippen LogP contribution in [0, 0.1) is 0 Å². The van der Waals surface area contributed by atoms with E-state index in [0.29, 0.717) is 71.6 Å². The van der Waals surface area contributed by atoms with Crippen LogP contribution >= 0.6 is 0 Å². The molecule has 0 fully saturated rings. The van der Waals surface area contributed by atoms with E-state index in [1.54, 1.807) is 21.1 Å². The molecule has 1 aromatic heterocycles. The molecular weight excluding hydrogens is 620 g/mol. The minimum Gasteiger partial charge on any atom is -0.382 e. The fraction of sp³-hybridized carbons (Fsp3) is 0.395. The number of ketones is 1. The van der Waals surface area contributed by atoms with Crippen molar-refractivity contribution < 1.29 is 23.9 Å². The highest BCUT2D eigenvalue weighted by Crippen LogP contribution is 2.41. The van der Waals surface area contributed by atoms with Gasteiger partial charge in [-0.05, 0) is 56.0 Å². The maximum atomic E-state index is 13.9. The van der Waals surface area contributed by atoms with Gasteiger partial charge in [0.1, 0.15) is 11.5 Å². The van der Waals surface area contributed by atoms with Crippen LogP contribution in [0.15, 0.2) is 72.8 Å². The van der Waals surface area contributed by atoms with Crippen LogP contribution in [-0.2, 0) is 43.4 Å². The van der Waals surface area contributed by atoms with Gasteiger partial charge in [-0.25, -0.2) is 4.68 Å². The minimum absolute atomic E-state index is 0.00213. The summed E-state index contributed by atoms with van der Waals surface area (Å²) in [6.45, 7) is 4.38. The number of para-hydroxylation sites is 1. The lowest BCUT2D eigenvalue weighted by molar-refractivity contribution is -0.122. The fourth-order valence-electron chi connectivity index (χ4n) is 6.08. The van der Waals surface area contributed by atoms with Crippen LogP contribution in [0.2, 0.25) is 0 Å². The smallest absolute Gasteiger partial charge is 0.227 e. The van der Waals surface area contributed by atoms with Crippen molar-refractivity contribution in [3.05, 3.63) is 89.5 Å². The molecule has 0 aliphatic carbocycles. The molecule has 0 unspecified atom stereocenters. The first kappa shape index (κ1) is 35.6. The van der Waals surface area contributed by atoms with Gasteiger partial charge in [0.25, 0.3) is 0 Å². The number of aromatic nitrogens is 3. The zero-order valence-corrected chi connectivity index (χ0v) is 28.6. The second-order valence-electron chi connectivity index (χ2n) is 12.2. The van der Waals surface area contributed by atoms with Crippen LogP contribution in [0.25, 0.3) is 22.5 Å². The zero-order valence-electron chi connectivity index (χ0n) is 28.6. The Hall–Kier alpha value is -4.71. The summed E-state index contributed by atoms with van der Waals surface area (Å²) in [7, 11) is 3.42. The molecule has 11 heteroatoms. The van der Waals surface area contributed by atoms with Gasteiger partial charge in [0.05, 0.1) is 50.3 Å². The summed E-state index contributed by atoms with van der Waals surface area (Å²) in [5.74, 6) is 0.0605. The molecule has 0 saturated carbocycles. The molecule has 258 valence electrons. The van der Waals surface area contributed by atoms with Gasteiger partial charge in [0, 0.05) is 37.6 Å². The van der Waals surface area contributed by atoms with Crippen LogP contribution in [0.1, 0.15) is 49.3 Å². The number of Topliss-reactive ketones (excluding diaryl/α,β-unsaturated/α-hetero) is 1. The Bertz CT molecular complexity index is 1720. The highest BCUT2D eigenvalue weighted by Gasteiger charge is 2.29. The van der Waals surface area contributed by atoms with E-state index in [2.05, 4.69) is 45.2 Å². The van der Waals surface area contributed by atoms with Gasteiger partial charge in [0.2, 0.25) is 11.8 Å². The number of likely N-dealkylation sites (N-methyl/N-ethyl adjacent to an activating group) is 1. The third kappa shape index (κ3) is 9.26. The lowest BCUT2D eigenvalue weighted by atomic mass is 9.95. The fourth-order valence-corrected chi connectivity index (χ4v) is 6.08. The van der Waals surface area contributed by atoms with Crippen molar-refractivity contribution >= 4 is 23.3 Å². The van der Waals surface area contributed by atoms with Gasteiger partial charge in [-0.2, -0.15) is 0 Å². The summed E-state index contributed by atoms with van der Waals surface area (Å²) in [6, 6.07) is 24.0. The van der Waals surface area contributed by atoms with Gasteiger partial charge in [-0.3, -0.25) is 14.4 Å². The van der Waals surface area contributed by atoms with E-state index in [0.717, 1.165) is 44.9 Å². The van der Waals surface area contributed by atoms with Crippen molar-refractivity contribution in [1.82, 2.24) is 25.6 Å².